The van der Waals surface area contributed by atoms with E-state index < -0.39 is 0 Å². The van der Waals surface area contributed by atoms with Gasteiger partial charge in [-0.25, -0.2) is 0 Å². The fourth-order valence-corrected chi connectivity index (χ4v) is 0.144. The number of carbonyl (C=O) groups is 1. The number of ether oxygens (including phenoxy) is 1. The van der Waals surface area contributed by atoms with Crippen molar-refractivity contribution in [3.05, 3.63) is 0 Å². The van der Waals surface area contributed by atoms with Gasteiger partial charge in [0.2, 0.25) is 0 Å². The second-order valence-corrected chi connectivity index (χ2v) is 3.77. The Morgan fingerprint density at radius 3 is 1.67 bits per heavy atom. The van der Waals surface area contributed by atoms with E-state index in [0.717, 1.165) is 0 Å². The lowest BCUT2D eigenvalue weighted by atomic mass is 10.2. The van der Waals surface area contributed by atoms with Gasteiger partial charge in [0, 0.05) is 6.04 Å². The van der Waals surface area contributed by atoms with Crippen molar-refractivity contribution in [3.8, 4) is 0 Å². The van der Waals surface area contributed by atoms with E-state index in [2.05, 4.69) is 23.9 Å². The lowest BCUT2D eigenvalue weighted by Crippen LogP contribution is -2.17. The van der Waals surface area contributed by atoms with Gasteiger partial charge in [-0.2, -0.15) is 0 Å². The summed E-state index contributed by atoms with van der Waals surface area (Å²) < 4.78 is 4.55. The molecule has 0 saturated heterocycles. The molecule has 0 saturated carbocycles. The van der Waals surface area contributed by atoms with Gasteiger partial charge in [0.1, 0.15) is 5.60 Å². The summed E-state index contributed by atoms with van der Waals surface area (Å²) >= 11 is 0. The first-order valence-electron chi connectivity index (χ1n) is 4.12. The quantitative estimate of drug-likeness (QED) is 0.647. The van der Waals surface area contributed by atoms with Crippen LogP contribution in [0.3, 0.4) is 0 Å². The summed E-state index contributed by atoms with van der Waals surface area (Å²) in [6.45, 7) is 10.1. The normalized spacial score (nSPS) is 10.2. The third-order valence-electron chi connectivity index (χ3n) is 0.979. The summed E-state index contributed by atoms with van der Waals surface area (Å²) in [5.74, 6) is 0. The number of nitrogens with one attached hydrogen (secondary N) is 1. The van der Waals surface area contributed by atoms with Crippen molar-refractivity contribution in [1.29, 1.82) is 0 Å². The van der Waals surface area contributed by atoms with Gasteiger partial charge in [-0.1, -0.05) is 13.8 Å². The SMILES string of the molecule is CC(C)(C)OC=O.CNC(C)C. The topological polar surface area (TPSA) is 38.3 Å². The number of hydrogen-bond donors (Lipinski definition) is 1. The molecule has 0 atom stereocenters. The predicted molar refractivity (Wildman–Crippen MR) is 51.1 cm³/mol. The van der Waals surface area contributed by atoms with Crippen molar-refractivity contribution in [1.82, 2.24) is 5.32 Å². The van der Waals surface area contributed by atoms with E-state index in [-0.39, 0.29) is 5.60 Å². The summed E-state index contributed by atoms with van der Waals surface area (Å²) in [7, 11) is 1.95. The van der Waals surface area contributed by atoms with Gasteiger partial charge in [-0.05, 0) is 27.8 Å². The molecular weight excluding hydrogens is 154 g/mol. The van der Waals surface area contributed by atoms with E-state index in [0.29, 0.717) is 12.5 Å². The fourth-order valence-electron chi connectivity index (χ4n) is 0.144. The van der Waals surface area contributed by atoms with Crippen LogP contribution in [0.1, 0.15) is 34.6 Å². The summed E-state index contributed by atoms with van der Waals surface area (Å²) in [6.07, 6.45) is 0. The third-order valence-corrected chi connectivity index (χ3v) is 0.979. The Morgan fingerprint density at radius 2 is 1.67 bits per heavy atom. The molecule has 0 spiro atoms. The predicted octanol–water partition coefficient (Wildman–Crippen LogP) is 1.57. The number of carbonyl (C=O) groups excluding carboxylic acids is 1. The molecule has 0 radical (unpaired) electrons. The maximum absolute atomic E-state index is 9.60. The molecule has 12 heavy (non-hydrogen) atoms. The fraction of sp³-hybridized carbons (Fsp3) is 0.889. The number of hydrogen-bond acceptors (Lipinski definition) is 3. The molecule has 0 aromatic rings. The molecule has 0 fully saturated rings. The summed E-state index contributed by atoms with van der Waals surface area (Å²) in [5, 5.41) is 3.03. The molecule has 3 nitrogen and oxygen atoms in total. The van der Waals surface area contributed by atoms with Crippen LogP contribution in [0, 0.1) is 0 Å². The Balaban J connectivity index is 0. The largest absolute Gasteiger partial charge is 0.462 e. The van der Waals surface area contributed by atoms with Crippen LogP contribution in [0.5, 0.6) is 0 Å². The molecule has 0 bridgehead atoms. The molecule has 0 unspecified atom stereocenters. The number of rotatable bonds is 2. The Kier molecular flexibility index (Phi) is 8.27. The molecule has 3 heteroatoms. The highest BCUT2D eigenvalue weighted by atomic mass is 16.5. The van der Waals surface area contributed by atoms with Gasteiger partial charge in [-0.15, -0.1) is 0 Å². The van der Waals surface area contributed by atoms with E-state index in [1.54, 1.807) is 0 Å². The Bertz CT molecular complexity index is 106. The first-order chi connectivity index (χ1) is 5.33. The highest BCUT2D eigenvalue weighted by Gasteiger charge is 2.07. The van der Waals surface area contributed by atoms with Crippen LogP contribution in [0.2, 0.25) is 0 Å². The molecule has 0 aromatic carbocycles. The summed E-state index contributed by atoms with van der Waals surface area (Å²) in [6, 6.07) is 0.634. The van der Waals surface area contributed by atoms with Gasteiger partial charge in [-0.3, -0.25) is 4.79 Å². The van der Waals surface area contributed by atoms with E-state index in [1.807, 2.05) is 27.8 Å². The van der Waals surface area contributed by atoms with E-state index in [9.17, 15) is 4.79 Å². The van der Waals surface area contributed by atoms with Crippen LogP contribution in [-0.4, -0.2) is 25.2 Å². The molecule has 0 aliphatic carbocycles. The minimum Gasteiger partial charge on any atom is -0.462 e. The standard InChI is InChI=1S/C5H10O2.C4H11N/c1-5(2,3)7-4-6;1-4(2)5-3/h4H,1-3H3;4-5H,1-3H3. The van der Waals surface area contributed by atoms with Gasteiger partial charge in [0.05, 0.1) is 0 Å². The van der Waals surface area contributed by atoms with E-state index in [1.165, 1.54) is 0 Å². The zero-order chi connectivity index (χ0) is 10.2. The first-order valence-corrected chi connectivity index (χ1v) is 4.12. The highest BCUT2D eigenvalue weighted by molar-refractivity contribution is 5.37. The summed E-state index contributed by atoms with van der Waals surface area (Å²) in [5.41, 5.74) is -0.318. The lowest BCUT2D eigenvalue weighted by molar-refractivity contribution is -0.138. The van der Waals surface area contributed by atoms with Crippen molar-refractivity contribution >= 4 is 6.47 Å². The average molecular weight is 175 g/mol. The smallest absolute Gasteiger partial charge is 0.293 e. The Labute approximate surface area is 75.5 Å². The first kappa shape index (κ1) is 14.0. The van der Waals surface area contributed by atoms with Crippen LogP contribution in [0.25, 0.3) is 0 Å². The van der Waals surface area contributed by atoms with Gasteiger partial charge < -0.3 is 10.1 Å². The van der Waals surface area contributed by atoms with Crippen molar-refractivity contribution in [2.24, 2.45) is 0 Å². The maximum Gasteiger partial charge on any atom is 0.293 e. The minimum atomic E-state index is -0.318. The molecule has 0 rings (SSSR count). The second-order valence-electron chi connectivity index (χ2n) is 3.77. The zero-order valence-corrected chi connectivity index (χ0v) is 8.97. The van der Waals surface area contributed by atoms with Crippen molar-refractivity contribution in [2.45, 2.75) is 46.3 Å². The second kappa shape index (κ2) is 7.10. The Hall–Kier alpha value is -0.570. The molecule has 0 amide bonds. The Morgan fingerprint density at radius 1 is 1.33 bits per heavy atom. The van der Waals surface area contributed by atoms with Gasteiger partial charge >= 0.3 is 0 Å². The van der Waals surface area contributed by atoms with E-state index >= 15 is 0 Å². The van der Waals surface area contributed by atoms with Crippen LogP contribution >= 0.6 is 0 Å². The molecule has 0 heterocycles. The van der Waals surface area contributed by atoms with Crippen LogP contribution in [-0.2, 0) is 9.53 Å². The average Bonchev–Trinajstić information content (AvgIpc) is 1.86. The van der Waals surface area contributed by atoms with Crippen LogP contribution in [0.4, 0.5) is 0 Å². The third kappa shape index (κ3) is 22.7. The van der Waals surface area contributed by atoms with Crippen molar-refractivity contribution < 1.29 is 9.53 Å². The molecule has 0 aliphatic heterocycles. The highest BCUT2D eigenvalue weighted by Crippen LogP contribution is 2.02. The van der Waals surface area contributed by atoms with Crippen molar-refractivity contribution in [2.75, 3.05) is 7.05 Å². The van der Waals surface area contributed by atoms with Crippen molar-refractivity contribution in [3.63, 3.8) is 0 Å². The lowest BCUT2D eigenvalue weighted by Gasteiger charge is -2.14. The van der Waals surface area contributed by atoms with E-state index in [4.69, 9.17) is 0 Å². The molecular formula is C9H21NO2. The van der Waals surface area contributed by atoms with Crippen LogP contribution < -0.4 is 5.32 Å². The van der Waals surface area contributed by atoms with Gasteiger partial charge in [0.25, 0.3) is 6.47 Å². The molecule has 0 aromatic heterocycles. The monoisotopic (exact) mass is 175 g/mol. The maximum atomic E-state index is 9.60. The van der Waals surface area contributed by atoms with Crippen LogP contribution in [0.15, 0.2) is 0 Å². The molecule has 74 valence electrons. The molecule has 1 N–H and O–H groups in total. The summed E-state index contributed by atoms with van der Waals surface area (Å²) in [4.78, 5) is 9.60. The minimum absolute atomic E-state index is 0.318. The molecule has 0 aliphatic rings. The van der Waals surface area contributed by atoms with Gasteiger partial charge in [0.15, 0.2) is 0 Å². The zero-order valence-electron chi connectivity index (χ0n) is 8.97.